The first-order valence-corrected chi connectivity index (χ1v) is 10.8. The predicted octanol–water partition coefficient (Wildman–Crippen LogP) is 4.92. The lowest BCUT2D eigenvalue weighted by Crippen LogP contribution is -2.21. The highest BCUT2D eigenvalue weighted by atomic mass is 16.5. The van der Waals surface area contributed by atoms with E-state index < -0.39 is 11.9 Å². The number of ether oxygens (including phenoxy) is 4. The number of nitrogens with two attached hydrogens (primary N) is 1. The Balaban J connectivity index is 1.64. The molecular weight excluding hydrogens is 432 g/mol. The van der Waals surface area contributed by atoms with Gasteiger partial charge in [-0.3, -0.25) is 0 Å². The van der Waals surface area contributed by atoms with Gasteiger partial charge in [0, 0.05) is 11.6 Å². The minimum absolute atomic E-state index is 0.0125. The topological polar surface area (TPSA) is 104 Å². The zero-order valence-electron chi connectivity index (χ0n) is 18.9. The molecule has 1 aliphatic heterocycles. The smallest absolute Gasteiger partial charge is 0.343 e. The Labute approximate surface area is 197 Å². The summed E-state index contributed by atoms with van der Waals surface area (Å²) in [6.45, 7) is 2.63. The second kappa shape index (κ2) is 10.0. The fourth-order valence-corrected chi connectivity index (χ4v) is 3.74. The number of nitriles is 1. The molecule has 0 saturated heterocycles. The number of carbonyl (C=O) groups excluding carboxylic acids is 1. The molecule has 1 unspecified atom stereocenters. The molecule has 0 aromatic heterocycles. The van der Waals surface area contributed by atoms with Gasteiger partial charge in [0.15, 0.2) is 0 Å². The van der Waals surface area contributed by atoms with Gasteiger partial charge in [-0.15, -0.1) is 0 Å². The van der Waals surface area contributed by atoms with Crippen molar-refractivity contribution in [3.63, 3.8) is 0 Å². The van der Waals surface area contributed by atoms with E-state index in [1.807, 2.05) is 31.2 Å². The van der Waals surface area contributed by atoms with Crippen molar-refractivity contribution in [2.45, 2.75) is 19.3 Å². The fraction of sp³-hybridized carbons (Fsp3) is 0.185. The van der Waals surface area contributed by atoms with Gasteiger partial charge < -0.3 is 24.7 Å². The largest absolute Gasteiger partial charge is 0.497 e. The van der Waals surface area contributed by atoms with E-state index in [9.17, 15) is 10.1 Å². The monoisotopic (exact) mass is 456 g/mol. The van der Waals surface area contributed by atoms with E-state index in [0.29, 0.717) is 40.7 Å². The Bertz CT molecular complexity index is 1270. The van der Waals surface area contributed by atoms with E-state index in [0.717, 1.165) is 17.5 Å². The Morgan fingerprint density at radius 1 is 1.06 bits per heavy atom. The zero-order chi connectivity index (χ0) is 24.1. The van der Waals surface area contributed by atoms with Gasteiger partial charge in [0.2, 0.25) is 5.88 Å². The predicted molar refractivity (Wildman–Crippen MR) is 126 cm³/mol. The highest BCUT2D eigenvalue weighted by molar-refractivity contribution is 5.91. The molecule has 1 heterocycles. The summed E-state index contributed by atoms with van der Waals surface area (Å²) < 4.78 is 22.1. The van der Waals surface area contributed by atoms with Gasteiger partial charge in [-0.05, 0) is 54.4 Å². The number of hydrogen-bond donors (Lipinski definition) is 1. The molecule has 0 spiro atoms. The average molecular weight is 456 g/mol. The lowest BCUT2D eigenvalue weighted by molar-refractivity contribution is 0.0734. The molecule has 1 atom stereocenters. The molecule has 0 fully saturated rings. The molecule has 0 saturated carbocycles. The van der Waals surface area contributed by atoms with Crippen molar-refractivity contribution in [1.82, 2.24) is 0 Å². The van der Waals surface area contributed by atoms with E-state index in [2.05, 4.69) is 6.07 Å². The summed E-state index contributed by atoms with van der Waals surface area (Å²) in [7, 11) is 1.56. The van der Waals surface area contributed by atoms with E-state index in [-0.39, 0.29) is 5.88 Å². The van der Waals surface area contributed by atoms with Crippen molar-refractivity contribution in [3.8, 4) is 29.1 Å². The summed E-state index contributed by atoms with van der Waals surface area (Å²) in [4.78, 5) is 12.6. The SMILES string of the molecule is CCCOc1cccc(C2C(C#N)=C(N)Oc3cc(OC(=O)c4ccc(OC)cc4)ccc32)c1. The molecule has 3 aromatic rings. The van der Waals surface area contributed by atoms with Gasteiger partial charge >= 0.3 is 5.97 Å². The number of carbonyl (C=O) groups is 1. The van der Waals surface area contributed by atoms with Crippen LogP contribution in [0.4, 0.5) is 0 Å². The number of methoxy groups -OCH3 is 1. The highest BCUT2D eigenvalue weighted by Crippen LogP contribution is 2.44. The Kier molecular flexibility index (Phi) is 6.69. The normalized spacial score (nSPS) is 14.4. The Hall–Kier alpha value is -4.44. The van der Waals surface area contributed by atoms with Crippen LogP contribution in [-0.2, 0) is 0 Å². The summed E-state index contributed by atoms with van der Waals surface area (Å²) in [5.41, 5.74) is 8.38. The van der Waals surface area contributed by atoms with Crippen molar-refractivity contribution >= 4 is 5.97 Å². The summed E-state index contributed by atoms with van der Waals surface area (Å²) in [5.74, 6) is 1.13. The number of fused-ring (bicyclic) bond motifs is 1. The molecule has 1 aliphatic rings. The molecule has 3 aromatic carbocycles. The van der Waals surface area contributed by atoms with Crippen LogP contribution in [0.25, 0.3) is 0 Å². The molecule has 7 heteroatoms. The van der Waals surface area contributed by atoms with Gasteiger partial charge in [-0.1, -0.05) is 25.1 Å². The summed E-state index contributed by atoms with van der Waals surface area (Å²) >= 11 is 0. The summed E-state index contributed by atoms with van der Waals surface area (Å²) in [6.07, 6.45) is 0.888. The maximum atomic E-state index is 12.6. The lowest BCUT2D eigenvalue weighted by atomic mass is 9.83. The van der Waals surface area contributed by atoms with E-state index in [1.54, 1.807) is 49.6 Å². The summed E-state index contributed by atoms with van der Waals surface area (Å²) in [6, 6.07) is 21.4. The standard InChI is InChI=1S/C27H24N2O5/c1-3-13-32-20-6-4-5-18(14-20)25-22-12-11-21(15-24(22)34-26(29)23(25)16-28)33-27(30)17-7-9-19(31-2)10-8-17/h4-12,14-15,25H,3,13,29H2,1-2H3. The first-order chi connectivity index (χ1) is 16.5. The zero-order valence-corrected chi connectivity index (χ0v) is 18.9. The molecule has 0 radical (unpaired) electrons. The molecule has 0 bridgehead atoms. The molecule has 0 aliphatic carbocycles. The van der Waals surface area contributed by atoms with Gasteiger partial charge in [0.1, 0.15) is 34.6 Å². The molecule has 172 valence electrons. The molecule has 0 amide bonds. The minimum atomic E-state index is -0.517. The fourth-order valence-electron chi connectivity index (χ4n) is 3.74. The highest BCUT2D eigenvalue weighted by Gasteiger charge is 2.31. The van der Waals surface area contributed by atoms with Crippen LogP contribution in [0.2, 0.25) is 0 Å². The van der Waals surface area contributed by atoms with Crippen molar-refractivity contribution < 1.29 is 23.7 Å². The number of benzene rings is 3. The van der Waals surface area contributed by atoms with Crippen LogP contribution in [0.3, 0.4) is 0 Å². The third-order valence-electron chi connectivity index (χ3n) is 5.39. The average Bonchev–Trinajstić information content (AvgIpc) is 2.86. The third-order valence-corrected chi connectivity index (χ3v) is 5.39. The van der Waals surface area contributed by atoms with E-state index in [1.165, 1.54) is 0 Å². The summed E-state index contributed by atoms with van der Waals surface area (Å²) in [5, 5.41) is 9.79. The second-order valence-corrected chi connectivity index (χ2v) is 7.66. The van der Waals surface area contributed by atoms with Gasteiger partial charge in [-0.2, -0.15) is 5.26 Å². The van der Waals surface area contributed by atoms with Gasteiger partial charge in [-0.25, -0.2) is 4.79 Å². The first kappa shape index (κ1) is 22.7. The molecule has 34 heavy (non-hydrogen) atoms. The first-order valence-electron chi connectivity index (χ1n) is 10.8. The Morgan fingerprint density at radius 3 is 2.53 bits per heavy atom. The van der Waals surface area contributed by atoms with Crippen LogP contribution < -0.4 is 24.7 Å². The number of allylic oxidation sites excluding steroid dienone is 1. The Morgan fingerprint density at radius 2 is 1.82 bits per heavy atom. The number of rotatable bonds is 7. The number of hydrogen-bond acceptors (Lipinski definition) is 7. The van der Waals surface area contributed by atoms with Gasteiger partial charge in [0.05, 0.1) is 25.2 Å². The van der Waals surface area contributed by atoms with Crippen LogP contribution in [0.1, 0.15) is 40.7 Å². The maximum Gasteiger partial charge on any atom is 0.343 e. The van der Waals surface area contributed by atoms with Crippen LogP contribution in [0.15, 0.2) is 78.2 Å². The molecular formula is C27H24N2O5. The quantitative estimate of drug-likeness (QED) is 0.397. The molecule has 4 rings (SSSR count). The third kappa shape index (κ3) is 4.66. The van der Waals surface area contributed by atoms with Crippen LogP contribution in [-0.4, -0.2) is 19.7 Å². The number of esters is 1. The van der Waals surface area contributed by atoms with Crippen LogP contribution in [0, 0.1) is 11.3 Å². The maximum absolute atomic E-state index is 12.6. The minimum Gasteiger partial charge on any atom is -0.497 e. The van der Waals surface area contributed by atoms with Crippen molar-refractivity contribution in [1.29, 1.82) is 5.26 Å². The van der Waals surface area contributed by atoms with Crippen molar-refractivity contribution in [2.75, 3.05) is 13.7 Å². The van der Waals surface area contributed by atoms with Gasteiger partial charge in [0.25, 0.3) is 0 Å². The van der Waals surface area contributed by atoms with Crippen LogP contribution in [0.5, 0.6) is 23.0 Å². The second-order valence-electron chi connectivity index (χ2n) is 7.66. The number of nitrogens with zero attached hydrogens (tertiary/aromatic N) is 1. The van der Waals surface area contributed by atoms with Crippen molar-refractivity contribution in [2.24, 2.45) is 5.73 Å². The van der Waals surface area contributed by atoms with E-state index in [4.69, 9.17) is 24.7 Å². The van der Waals surface area contributed by atoms with Crippen LogP contribution >= 0.6 is 0 Å². The molecule has 2 N–H and O–H groups in total. The van der Waals surface area contributed by atoms with E-state index >= 15 is 0 Å². The molecule has 7 nitrogen and oxygen atoms in total. The van der Waals surface area contributed by atoms with Crippen molar-refractivity contribution in [3.05, 3.63) is 94.9 Å². The lowest BCUT2D eigenvalue weighted by Gasteiger charge is -2.27.